The molecule has 6 heteroatoms. The lowest BCUT2D eigenvalue weighted by Crippen LogP contribution is -2.33. The van der Waals surface area contributed by atoms with Gasteiger partial charge in [-0.25, -0.2) is 8.42 Å². The molecule has 0 aliphatic heterocycles. The van der Waals surface area contributed by atoms with E-state index in [9.17, 15) is 8.42 Å². The normalized spacial score (nSPS) is 13.3. The Hall–Kier alpha value is -1.27. The lowest BCUT2D eigenvalue weighted by molar-refractivity contribution is 0.183. The first-order chi connectivity index (χ1) is 8.27. The Morgan fingerprint density at radius 2 is 2.06 bits per heavy atom. The number of nitrogen functional groups attached to an aromatic ring is 1. The molecule has 0 amide bonds. The molecule has 1 unspecified atom stereocenters. The quantitative estimate of drug-likeness (QED) is 0.814. The van der Waals surface area contributed by atoms with Crippen LogP contribution in [-0.2, 0) is 14.6 Å². The van der Waals surface area contributed by atoms with Crippen molar-refractivity contribution in [2.24, 2.45) is 0 Å². The van der Waals surface area contributed by atoms with Crippen molar-refractivity contribution < 1.29 is 13.2 Å². The first-order valence-electron chi connectivity index (χ1n) is 5.58. The van der Waals surface area contributed by atoms with Crippen LogP contribution in [-0.4, -0.2) is 41.5 Å². The van der Waals surface area contributed by atoms with Crippen molar-refractivity contribution in [3.8, 4) is 0 Å². The summed E-state index contributed by atoms with van der Waals surface area (Å²) in [4.78, 5) is 2.20. The minimum atomic E-state index is -3.22. The van der Waals surface area contributed by atoms with Crippen molar-refractivity contribution in [3.63, 3.8) is 0 Å². The van der Waals surface area contributed by atoms with E-state index in [0.29, 0.717) is 12.3 Å². The molecular weight excluding hydrogens is 252 g/mol. The molecule has 0 spiro atoms. The number of hydrogen-bond donors (Lipinski definition) is 1. The number of nitrogens with two attached hydrogens (primary N) is 1. The van der Waals surface area contributed by atoms with Gasteiger partial charge in [0.05, 0.1) is 22.9 Å². The summed E-state index contributed by atoms with van der Waals surface area (Å²) >= 11 is 0. The van der Waals surface area contributed by atoms with E-state index in [2.05, 4.69) is 0 Å². The molecule has 1 atom stereocenters. The molecule has 5 nitrogen and oxygen atoms in total. The van der Waals surface area contributed by atoms with E-state index in [0.717, 1.165) is 5.69 Å². The van der Waals surface area contributed by atoms with Gasteiger partial charge in [0.2, 0.25) is 0 Å². The maximum atomic E-state index is 11.4. The summed E-state index contributed by atoms with van der Waals surface area (Å²) in [5, 5.41) is 0. The molecule has 1 aromatic rings. The summed E-state index contributed by atoms with van der Waals surface area (Å²) in [5.74, 6) is 0. The molecule has 1 aromatic carbocycles. The van der Waals surface area contributed by atoms with Gasteiger partial charge in [-0.15, -0.1) is 0 Å². The summed E-state index contributed by atoms with van der Waals surface area (Å²) in [6, 6.07) is 4.93. The molecule has 0 saturated carbocycles. The van der Waals surface area contributed by atoms with E-state index in [-0.39, 0.29) is 10.9 Å². The van der Waals surface area contributed by atoms with Gasteiger partial charge >= 0.3 is 0 Å². The molecule has 0 bridgehead atoms. The largest absolute Gasteiger partial charge is 0.397 e. The summed E-state index contributed by atoms with van der Waals surface area (Å²) in [6.07, 6.45) is 1.17. The van der Waals surface area contributed by atoms with Crippen molar-refractivity contribution in [2.75, 3.05) is 37.7 Å². The number of anilines is 2. The van der Waals surface area contributed by atoms with E-state index >= 15 is 0 Å². The molecule has 0 aromatic heterocycles. The highest BCUT2D eigenvalue weighted by atomic mass is 32.2. The summed E-state index contributed by atoms with van der Waals surface area (Å²) < 4.78 is 27.9. The van der Waals surface area contributed by atoms with Gasteiger partial charge in [-0.1, -0.05) is 0 Å². The number of ether oxygens (including phenoxy) is 1. The number of rotatable bonds is 5. The van der Waals surface area contributed by atoms with Crippen LogP contribution in [0.25, 0.3) is 0 Å². The number of likely N-dealkylation sites (N-methyl/N-ethyl adjacent to an activating group) is 1. The van der Waals surface area contributed by atoms with Crippen molar-refractivity contribution in [2.45, 2.75) is 17.9 Å². The van der Waals surface area contributed by atoms with Crippen LogP contribution in [0.2, 0.25) is 0 Å². The molecule has 0 saturated heterocycles. The first-order valence-corrected chi connectivity index (χ1v) is 7.48. The predicted octanol–water partition coefficient (Wildman–Crippen LogP) is 1.14. The zero-order valence-electron chi connectivity index (χ0n) is 11.2. The van der Waals surface area contributed by atoms with Gasteiger partial charge in [-0.3, -0.25) is 0 Å². The van der Waals surface area contributed by atoms with E-state index in [1.807, 2.05) is 18.9 Å². The SMILES string of the molecule is COCC(C)N(C)c1ccc(S(C)(=O)=O)cc1N. The summed E-state index contributed by atoms with van der Waals surface area (Å²) in [6.45, 7) is 2.58. The van der Waals surface area contributed by atoms with E-state index < -0.39 is 9.84 Å². The average molecular weight is 272 g/mol. The fourth-order valence-electron chi connectivity index (χ4n) is 1.67. The highest BCUT2D eigenvalue weighted by molar-refractivity contribution is 7.90. The van der Waals surface area contributed by atoms with Crippen LogP contribution in [0.3, 0.4) is 0 Å². The molecule has 0 radical (unpaired) electrons. The molecule has 2 N–H and O–H groups in total. The van der Waals surface area contributed by atoms with Crippen LogP contribution < -0.4 is 10.6 Å². The van der Waals surface area contributed by atoms with Gasteiger partial charge in [0, 0.05) is 26.5 Å². The predicted molar refractivity (Wildman–Crippen MR) is 73.7 cm³/mol. The second-order valence-corrected chi connectivity index (χ2v) is 6.42. The maximum absolute atomic E-state index is 11.4. The zero-order valence-corrected chi connectivity index (χ0v) is 12.0. The summed E-state index contributed by atoms with van der Waals surface area (Å²) in [5.41, 5.74) is 7.15. The Kier molecular flexibility index (Phi) is 4.59. The van der Waals surface area contributed by atoms with E-state index in [1.54, 1.807) is 19.2 Å². The Labute approximate surface area is 108 Å². The second-order valence-electron chi connectivity index (χ2n) is 4.41. The van der Waals surface area contributed by atoms with Crippen LogP contribution in [0.4, 0.5) is 11.4 Å². The third-order valence-corrected chi connectivity index (χ3v) is 3.99. The summed E-state index contributed by atoms with van der Waals surface area (Å²) in [7, 11) is 0.316. The average Bonchev–Trinajstić information content (AvgIpc) is 2.27. The van der Waals surface area contributed by atoms with Crippen LogP contribution in [0.5, 0.6) is 0 Å². The Morgan fingerprint density at radius 3 is 2.50 bits per heavy atom. The van der Waals surface area contributed by atoms with Crippen molar-refractivity contribution in [1.29, 1.82) is 0 Å². The van der Waals surface area contributed by atoms with Crippen LogP contribution >= 0.6 is 0 Å². The lowest BCUT2D eigenvalue weighted by atomic mass is 10.2. The number of hydrogen-bond acceptors (Lipinski definition) is 5. The first kappa shape index (κ1) is 14.8. The second kappa shape index (κ2) is 5.58. The minimum absolute atomic E-state index is 0.154. The van der Waals surface area contributed by atoms with Crippen molar-refractivity contribution in [1.82, 2.24) is 0 Å². The fraction of sp³-hybridized carbons (Fsp3) is 0.500. The topological polar surface area (TPSA) is 72.6 Å². The standard InChI is InChI=1S/C12H20N2O3S/c1-9(8-17-3)14(2)12-6-5-10(7-11(12)13)18(4,15)16/h5-7,9H,8,13H2,1-4H3. The molecule has 102 valence electrons. The maximum Gasteiger partial charge on any atom is 0.175 e. The van der Waals surface area contributed by atoms with Crippen LogP contribution in [0.1, 0.15) is 6.92 Å². The van der Waals surface area contributed by atoms with Gasteiger partial charge in [-0.2, -0.15) is 0 Å². The molecule has 18 heavy (non-hydrogen) atoms. The lowest BCUT2D eigenvalue weighted by Gasteiger charge is -2.27. The van der Waals surface area contributed by atoms with Crippen LogP contribution in [0, 0.1) is 0 Å². The van der Waals surface area contributed by atoms with E-state index in [4.69, 9.17) is 10.5 Å². The van der Waals surface area contributed by atoms with Crippen molar-refractivity contribution >= 4 is 21.2 Å². The fourth-order valence-corrected chi connectivity index (χ4v) is 2.33. The van der Waals surface area contributed by atoms with Gasteiger partial charge in [0.1, 0.15) is 0 Å². The molecule has 0 heterocycles. The Bertz CT molecular complexity index is 514. The Balaban J connectivity index is 3.06. The molecule has 0 aliphatic carbocycles. The highest BCUT2D eigenvalue weighted by Crippen LogP contribution is 2.26. The zero-order chi connectivity index (χ0) is 13.9. The Morgan fingerprint density at radius 1 is 1.44 bits per heavy atom. The van der Waals surface area contributed by atoms with Gasteiger partial charge < -0.3 is 15.4 Å². The van der Waals surface area contributed by atoms with Gasteiger partial charge in [-0.05, 0) is 25.1 Å². The van der Waals surface area contributed by atoms with E-state index in [1.165, 1.54) is 12.3 Å². The minimum Gasteiger partial charge on any atom is -0.397 e. The monoisotopic (exact) mass is 272 g/mol. The highest BCUT2D eigenvalue weighted by Gasteiger charge is 2.15. The van der Waals surface area contributed by atoms with Crippen LogP contribution in [0.15, 0.2) is 23.1 Å². The third-order valence-electron chi connectivity index (χ3n) is 2.88. The van der Waals surface area contributed by atoms with Gasteiger partial charge in [0.15, 0.2) is 9.84 Å². The molecule has 0 aliphatic rings. The van der Waals surface area contributed by atoms with Crippen molar-refractivity contribution in [3.05, 3.63) is 18.2 Å². The molecular formula is C12H20N2O3S. The van der Waals surface area contributed by atoms with Gasteiger partial charge in [0.25, 0.3) is 0 Å². The number of sulfone groups is 1. The molecule has 0 fully saturated rings. The third kappa shape index (κ3) is 3.36. The number of methoxy groups -OCH3 is 1. The number of nitrogens with zero attached hydrogens (tertiary/aromatic N) is 1. The smallest absolute Gasteiger partial charge is 0.175 e. The number of benzene rings is 1. The molecule has 1 rings (SSSR count).